The van der Waals surface area contributed by atoms with Crippen LogP contribution in [0, 0.1) is 0 Å². The standard InChI is InChI=1S/C45H72N2O37/c1-8(52)46-15-22(59)17(54)10(3-48)73-40(15)81-33-23(60)26(63)42(83-35(33)37(67)68)78-30-16(47-9(2)53)41(74-11(4-49)19(30)56)82-34-24(61)27(64)43(84-36(34)38(69)70)79-32-21(58)13(6-51)76-45(29(32)66)80-31-20(57)12(5-50)75-44(28(31)65)77-14-7-72-39(71)25(62)18(14)55/h10-36,39-45,48-51,54-66,71H,3-7H2,1-2H3,(H,46,52)(H,47,53)(H,67,68)(H,69,70)/t10-,11-,12-,13-,14-,15-,16-,17+,18+,19+,20+,21+,22-,23-,24-,25-,26-,27-,28-,29-,30-,31+,32+,33+,34+,35+,36+,39-,40+,41+,42-,43-,44+,45+/m1/s1. The minimum Gasteiger partial charge on any atom is -0.479 e. The maximum Gasteiger partial charge on any atom is 0.335 e. The van der Waals surface area contributed by atoms with Crippen LogP contribution < -0.4 is 10.6 Å². The lowest BCUT2D eigenvalue weighted by Crippen LogP contribution is -2.71. The first-order valence-corrected chi connectivity index (χ1v) is 26.0. The quantitative estimate of drug-likeness (QED) is 0.0538. The summed E-state index contributed by atoms with van der Waals surface area (Å²) < 4.78 is 72.2. The van der Waals surface area contributed by atoms with E-state index in [4.69, 9.17) is 61.6 Å². The van der Waals surface area contributed by atoms with Gasteiger partial charge < -0.3 is 174 Å². The predicted octanol–water partition coefficient (Wildman–Crippen LogP) is -15.2. The van der Waals surface area contributed by atoms with Crippen molar-refractivity contribution in [3.8, 4) is 0 Å². The summed E-state index contributed by atoms with van der Waals surface area (Å²) in [4.78, 5) is 50.4. The first kappa shape index (κ1) is 68.1. The van der Waals surface area contributed by atoms with Crippen molar-refractivity contribution in [2.24, 2.45) is 0 Å². The van der Waals surface area contributed by atoms with Crippen molar-refractivity contribution in [1.29, 1.82) is 0 Å². The monoisotopic (exact) mass is 1230 g/mol. The molecule has 0 aliphatic carbocycles. The maximum absolute atomic E-state index is 12.9. The molecule has 0 aromatic rings. The SMILES string of the molecule is CC(=O)N[C@H]1[C@H](O[C@H]2[C@H](O)[C@@H](O)[C@H](O[C@H]3[C@@H](O)[C@@H](CO)O[C@@H](O[C@H]4[C@H](O)[C@@H](O)[C@H](O[C@H]5[C@@H](O)[C@@H](CO)O[C@@H](O[C@H]6[C@@H](O)[C@@H](CO)O[C@@H](O[C@@H]7CO[C@@H](O)[C@H](O)[C@H]7O)[C@@H]6O)[C@@H]5O)O[C@@H]4C(=O)O)[C@@H]3NC(C)=O)O[C@@H]2C(=O)O)O[C@H](CO)[C@H](O)[C@@H]1O. The van der Waals surface area contributed by atoms with Crippen LogP contribution in [0.3, 0.4) is 0 Å². The molecule has 7 aliphatic heterocycles. The number of carbonyl (C=O) groups excluding carboxylic acids is 2. The molecule has 7 saturated heterocycles. The van der Waals surface area contributed by atoms with Gasteiger partial charge in [0.1, 0.15) is 152 Å². The van der Waals surface area contributed by atoms with Crippen molar-refractivity contribution in [2.75, 3.05) is 33.0 Å². The highest BCUT2D eigenvalue weighted by molar-refractivity contribution is 5.75. The average molecular weight is 1230 g/mol. The molecule has 484 valence electrons. The number of aliphatic carboxylic acids is 2. The van der Waals surface area contributed by atoms with Crippen molar-refractivity contribution >= 4 is 23.8 Å². The van der Waals surface area contributed by atoms with E-state index in [1.54, 1.807) is 0 Å². The van der Waals surface area contributed by atoms with Crippen molar-refractivity contribution in [2.45, 2.75) is 223 Å². The van der Waals surface area contributed by atoms with Crippen LogP contribution in [0.2, 0.25) is 0 Å². The van der Waals surface area contributed by atoms with Gasteiger partial charge in [-0.1, -0.05) is 0 Å². The molecule has 39 heteroatoms. The van der Waals surface area contributed by atoms with E-state index in [9.17, 15) is 121 Å². The van der Waals surface area contributed by atoms with E-state index in [0.717, 1.165) is 13.8 Å². The molecule has 7 fully saturated rings. The number of rotatable bonds is 20. The molecule has 0 aromatic carbocycles. The molecule has 0 bridgehead atoms. The summed E-state index contributed by atoms with van der Waals surface area (Å²) in [7, 11) is 0. The second-order valence-corrected chi connectivity index (χ2v) is 20.7. The fourth-order valence-corrected chi connectivity index (χ4v) is 10.4. The van der Waals surface area contributed by atoms with Gasteiger partial charge >= 0.3 is 11.9 Å². The lowest BCUT2D eigenvalue weighted by molar-refractivity contribution is -0.390. The van der Waals surface area contributed by atoms with Crippen LogP contribution in [0.1, 0.15) is 13.8 Å². The predicted molar refractivity (Wildman–Crippen MR) is 250 cm³/mol. The number of hydrogen-bond donors (Lipinski definition) is 22. The van der Waals surface area contributed by atoms with Crippen molar-refractivity contribution in [3.63, 3.8) is 0 Å². The third kappa shape index (κ3) is 14.4. The van der Waals surface area contributed by atoms with Crippen LogP contribution in [0.5, 0.6) is 0 Å². The number of aliphatic hydroxyl groups is 18. The van der Waals surface area contributed by atoms with Crippen molar-refractivity contribution in [3.05, 3.63) is 0 Å². The highest BCUT2D eigenvalue weighted by Gasteiger charge is 2.60. The minimum atomic E-state index is -2.53. The zero-order valence-corrected chi connectivity index (χ0v) is 44.0. The topological polar surface area (TPSA) is 617 Å². The molecule has 7 heterocycles. The van der Waals surface area contributed by atoms with Crippen LogP contribution in [0.25, 0.3) is 0 Å². The van der Waals surface area contributed by atoms with Gasteiger partial charge in [-0.15, -0.1) is 0 Å². The number of carboxylic acid groups (broad SMARTS) is 2. The number of ether oxygens (including phenoxy) is 13. The number of aliphatic hydroxyl groups excluding tert-OH is 18. The number of carbonyl (C=O) groups is 4. The molecular formula is C45H72N2O37. The molecule has 0 radical (unpaired) electrons. The molecule has 0 spiro atoms. The minimum absolute atomic E-state index is 0.579. The van der Waals surface area contributed by atoms with Gasteiger partial charge in [0.2, 0.25) is 11.8 Å². The van der Waals surface area contributed by atoms with E-state index in [1.807, 2.05) is 0 Å². The third-order valence-corrected chi connectivity index (χ3v) is 14.9. The number of nitrogens with one attached hydrogen (secondary N) is 2. The fourth-order valence-electron chi connectivity index (χ4n) is 10.4. The zero-order chi connectivity index (χ0) is 62.1. The largest absolute Gasteiger partial charge is 0.479 e. The van der Waals surface area contributed by atoms with Gasteiger partial charge in [0.15, 0.2) is 56.2 Å². The summed E-state index contributed by atoms with van der Waals surface area (Å²) in [6, 6.07) is -3.70. The van der Waals surface area contributed by atoms with Crippen LogP contribution in [0.4, 0.5) is 0 Å². The molecule has 22 N–H and O–H groups in total. The Balaban J connectivity index is 1.08. The van der Waals surface area contributed by atoms with E-state index in [2.05, 4.69) is 10.6 Å². The Morgan fingerprint density at radius 2 is 0.714 bits per heavy atom. The Labute approximate surface area is 472 Å². The van der Waals surface area contributed by atoms with Gasteiger partial charge in [-0.3, -0.25) is 9.59 Å². The third-order valence-electron chi connectivity index (χ3n) is 14.9. The highest BCUT2D eigenvalue weighted by atomic mass is 16.8. The Kier molecular flexibility index (Phi) is 23.4. The molecule has 7 aliphatic rings. The maximum atomic E-state index is 12.9. The number of amides is 2. The number of carboxylic acids is 2. The first-order valence-electron chi connectivity index (χ1n) is 26.0. The molecule has 39 nitrogen and oxygen atoms in total. The second-order valence-electron chi connectivity index (χ2n) is 20.7. The van der Waals surface area contributed by atoms with Gasteiger partial charge in [-0.05, 0) is 0 Å². The van der Waals surface area contributed by atoms with Gasteiger partial charge in [-0.25, -0.2) is 9.59 Å². The molecule has 0 saturated carbocycles. The number of hydrogen-bond acceptors (Lipinski definition) is 35. The summed E-state index contributed by atoms with van der Waals surface area (Å²) in [5.41, 5.74) is 0. The van der Waals surface area contributed by atoms with E-state index in [0.29, 0.717) is 0 Å². The Bertz CT molecular complexity index is 2180. The lowest BCUT2D eigenvalue weighted by Gasteiger charge is -2.50. The van der Waals surface area contributed by atoms with E-state index < -0.39 is 266 Å². The summed E-state index contributed by atoms with van der Waals surface area (Å²) in [5, 5.41) is 219. The van der Waals surface area contributed by atoms with Crippen LogP contribution in [-0.4, -0.2) is 368 Å². The Morgan fingerprint density at radius 1 is 0.369 bits per heavy atom. The van der Waals surface area contributed by atoms with Gasteiger partial charge in [0.05, 0.1) is 33.0 Å². The molecular weight excluding hydrogens is 1160 g/mol. The molecule has 84 heavy (non-hydrogen) atoms. The zero-order valence-electron chi connectivity index (χ0n) is 44.0. The fraction of sp³-hybridized carbons (Fsp3) is 0.911. The van der Waals surface area contributed by atoms with Crippen LogP contribution in [0.15, 0.2) is 0 Å². The summed E-state index contributed by atoms with van der Waals surface area (Å²) in [6.45, 7) is -2.91. The van der Waals surface area contributed by atoms with Gasteiger partial charge in [-0.2, -0.15) is 0 Å². The molecule has 0 unspecified atom stereocenters. The molecule has 2 amide bonds. The van der Waals surface area contributed by atoms with Crippen LogP contribution in [-0.2, 0) is 80.8 Å². The summed E-state index contributed by atoms with van der Waals surface area (Å²) in [6.07, 6.45) is -67.5. The van der Waals surface area contributed by atoms with E-state index in [-0.39, 0.29) is 0 Å². The smallest absolute Gasteiger partial charge is 0.335 e. The average Bonchev–Trinajstić information content (AvgIpc) is 1.87. The molecule has 0 aromatic heterocycles. The molecule has 34 atom stereocenters. The Morgan fingerprint density at radius 3 is 1.13 bits per heavy atom. The van der Waals surface area contributed by atoms with Gasteiger partial charge in [0.25, 0.3) is 0 Å². The van der Waals surface area contributed by atoms with Gasteiger partial charge in [0, 0.05) is 13.8 Å². The second kappa shape index (κ2) is 28.9. The van der Waals surface area contributed by atoms with Crippen molar-refractivity contribution < 1.29 is 183 Å². The summed E-state index contributed by atoms with van der Waals surface area (Å²) in [5.74, 6) is -5.78. The molecule has 7 rings (SSSR count). The lowest BCUT2D eigenvalue weighted by atomic mass is 9.93. The van der Waals surface area contributed by atoms with Crippen molar-refractivity contribution in [1.82, 2.24) is 10.6 Å². The highest BCUT2D eigenvalue weighted by Crippen LogP contribution is 2.38. The van der Waals surface area contributed by atoms with Crippen LogP contribution >= 0.6 is 0 Å². The Hall–Kier alpha value is -3.36. The van der Waals surface area contributed by atoms with E-state index in [1.165, 1.54) is 0 Å². The van der Waals surface area contributed by atoms with E-state index >= 15 is 0 Å². The normalized spacial score (nSPS) is 49.3. The summed E-state index contributed by atoms with van der Waals surface area (Å²) >= 11 is 0. The first-order chi connectivity index (χ1) is 39.6.